The number of ether oxygens (including phenoxy) is 1. The fraction of sp³-hybridized carbons (Fsp3) is 0.692. The molecular formula is C13H23N5O. The van der Waals surface area contributed by atoms with Crippen molar-refractivity contribution < 1.29 is 4.74 Å². The summed E-state index contributed by atoms with van der Waals surface area (Å²) in [5.74, 6) is 1.12. The van der Waals surface area contributed by atoms with Crippen molar-refractivity contribution in [3.8, 4) is 0 Å². The fourth-order valence-corrected chi connectivity index (χ4v) is 2.22. The van der Waals surface area contributed by atoms with E-state index >= 15 is 0 Å². The predicted octanol–water partition coefficient (Wildman–Crippen LogP) is 1.72. The van der Waals surface area contributed by atoms with Crippen molar-refractivity contribution in [1.29, 1.82) is 0 Å². The number of rotatable bonds is 6. The third-order valence-electron chi connectivity index (χ3n) is 3.04. The van der Waals surface area contributed by atoms with Crippen LogP contribution in [0, 0.1) is 12.8 Å². The van der Waals surface area contributed by atoms with Crippen LogP contribution in [0.25, 0.3) is 11.2 Å². The molecule has 106 valence electrons. The normalized spacial score (nSPS) is 11.8. The van der Waals surface area contributed by atoms with Gasteiger partial charge in [-0.05, 0) is 19.3 Å². The van der Waals surface area contributed by atoms with Crippen molar-refractivity contribution in [1.82, 2.24) is 19.3 Å². The molecule has 2 aromatic rings. The Morgan fingerprint density at radius 2 is 2.11 bits per heavy atom. The van der Waals surface area contributed by atoms with Crippen LogP contribution in [-0.4, -0.2) is 32.5 Å². The van der Waals surface area contributed by atoms with E-state index in [1.807, 2.05) is 23.2 Å². The SMILES string of the molecule is Cc1nn(C)c2c1nc(N)n2CCCOCC(C)C. The van der Waals surface area contributed by atoms with E-state index in [9.17, 15) is 0 Å². The van der Waals surface area contributed by atoms with Gasteiger partial charge < -0.3 is 10.5 Å². The molecule has 19 heavy (non-hydrogen) atoms. The minimum atomic E-state index is 0.551. The Balaban J connectivity index is 2.02. The van der Waals surface area contributed by atoms with E-state index in [-0.39, 0.29) is 0 Å². The number of nitrogens with zero attached hydrogens (tertiary/aromatic N) is 4. The van der Waals surface area contributed by atoms with Crippen molar-refractivity contribution in [3.05, 3.63) is 5.69 Å². The third-order valence-corrected chi connectivity index (χ3v) is 3.04. The highest BCUT2D eigenvalue weighted by molar-refractivity contribution is 5.77. The summed E-state index contributed by atoms with van der Waals surface area (Å²) in [7, 11) is 1.92. The van der Waals surface area contributed by atoms with E-state index in [1.165, 1.54) is 0 Å². The lowest BCUT2D eigenvalue weighted by Gasteiger charge is -2.09. The van der Waals surface area contributed by atoms with E-state index in [1.54, 1.807) is 0 Å². The van der Waals surface area contributed by atoms with Crippen LogP contribution in [0.2, 0.25) is 0 Å². The molecule has 0 atom stereocenters. The van der Waals surface area contributed by atoms with Gasteiger partial charge in [-0.15, -0.1) is 0 Å². The Labute approximate surface area is 113 Å². The fourth-order valence-electron chi connectivity index (χ4n) is 2.22. The number of nitrogen functional groups attached to an aromatic ring is 1. The molecule has 0 aliphatic heterocycles. The number of hydrogen-bond acceptors (Lipinski definition) is 4. The summed E-state index contributed by atoms with van der Waals surface area (Å²) in [5.41, 5.74) is 8.76. The van der Waals surface area contributed by atoms with E-state index < -0.39 is 0 Å². The van der Waals surface area contributed by atoms with Gasteiger partial charge in [0.05, 0.1) is 5.69 Å². The number of aryl methyl sites for hydroxylation is 3. The first-order valence-corrected chi connectivity index (χ1v) is 6.73. The summed E-state index contributed by atoms with van der Waals surface area (Å²) < 4.78 is 9.43. The first-order valence-electron chi connectivity index (χ1n) is 6.73. The summed E-state index contributed by atoms with van der Waals surface area (Å²) in [6, 6.07) is 0. The molecule has 0 saturated carbocycles. The summed E-state index contributed by atoms with van der Waals surface area (Å²) in [4.78, 5) is 4.38. The first kappa shape index (κ1) is 13.9. The Morgan fingerprint density at radius 3 is 2.79 bits per heavy atom. The zero-order valence-electron chi connectivity index (χ0n) is 12.2. The summed E-state index contributed by atoms with van der Waals surface area (Å²) in [6.45, 7) is 8.60. The predicted molar refractivity (Wildman–Crippen MR) is 75.9 cm³/mol. The Bertz CT molecular complexity index is 555. The minimum Gasteiger partial charge on any atom is -0.381 e. The van der Waals surface area contributed by atoms with Gasteiger partial charge in [0.1, 0.15) is 5.52 Å². The molecule has 0 saturated heterocycles. The molecule has 0 radical (unpaired) electrons. The van der Waals surface area contributed by atoms with Gasteiger partial charge in [-0.1, -0.05) is 13.8 Å². The standard InChI is InChI=1S/C13H23N5O/c1-9(2)8-19-7-5-6-18-12-11(15-13(18)14)10(3)16-17(12)4/h9H,5-8H2,1-4H3,(H2,14,15). The highest BCUT2D eigenvalue weighted by Crippen LogP contribution is 2.20. The molecule has 0 amide bonds. The molecule has 6 heteroatoms. The summed E-state index contributed by atoms with van der Waals surface area (Å²) >= 11 is 0. The molecule has 0 aliphatic carbocycles. The summed E-state index contributed by atoms with van der Waals surface area (Å²) in [5, 5.41) is 4.37. The van der Waals surface area contributed by atoms with Crippen LogP contribution >= 0.6 is 0 Å². The van der Waals surface area contributed by atoms with Gasteiger partial charge in [0.2, 0.25) is 5.95 Å². The molecule has 0 bridgehead atoms. The lowest BCUT2D eigenvalue weighted by molar-refractivity contribution is 0.105. The molecule has 2 aromatic heterocycles. The van der Waals surface area contributed by atoms with Crippen molar-refractivity contribution in [2.45, 2.75) is 33.7 Å². The lowest BCUT2D eigenvalue weighted by Crippen LogP contribution is -2.10. The molecule has 2 N–H and O–H groups in total. The zero-order valence-corrected chi connectivity index (χ0v) is 12.2. The van der Waals surface area contributed by atoms with Crippen LogP contribution in [0.5, 0.6) is 0 Å². The van der Waals surface area contributed by atoms with Crippen molar-refractivity contribution >= 4 is 17.1 Å². The maximum absolute atomic E-state index is 5.97. The van der Waals surface area contributed by atoms with Gasteiger partial charge in [0.25, 0.3) is 0 Å². The number of imidazole rings is 1. The van der Waals surface area contributed by atoms with Gasteiger partial charge in [0.15, 0.2) is 5.65 Å². The monoisotopic (exact) mass is 265 g/mol. The van der Waals surface area contributed by atoms with Crippen LogP contribution < -0.4 is 5.73 Å². The minimum absolute atomic E-state index is 0.551. The smallest absolute Gasteiger partial charge is 0.202 e. The molecule has 0 aliphatic rings. The average molecular weight is 265 g/mol. The average Bonchev–Trinajstić information content (AvgIpc) is 2.78. The maximum atomic E-state index is 5.97. The zero-order chi connectivity index (χ0) is 14.0. The van der Waals surface area contributed by atoms with Crippen LogP contribution in [0.4, 0.5) is 5.95 Å². The second-order valence-electron chi connectivity index (χ2n) is 5.33. The topological polar surface area (TPSA) is 70.9 Å². The number of aromatic nitrogens is 4. The quantitative estimate of drug-likeness (QED) is 0.807. The Hall–Kier alpha value is -1.56. The van der Waals surface area contributed by atoms with Crippen LogP contribution in [-0.2, 0) is 18.3 Å². The second kappa shape index (κ2) is 5.61. The van der Waals surface area contributed by atoms with Crippen molar-refractivity contribution in [2.75, 3.05) is 18.9 Å². The van der Waals surface area contributed by atoms with Gasteiger partial charge in [-0.3, -0.25) is 9.25 Å². The van der Waals surface area contributed by atoms with Crippen molar-refractivity contribution in [2.24, 2.45) is 13.0 Å². The number of hydrogen-bond donors (Lipinski definition) is 1. The van der Waals surface area contributed by atoms with E-state index in [2.05, 4.69) is 23.9 Å². The number of anilines is 1. The van der Waals surface area contributed by atoms with Crippen molar-refractivity contribution in [3.63, 3.8) is 0 Å². The van der Waals surface area contributed by atoms with E-state index in [0.717, 1.165) is 43.0 Å². The third kappa shape index (κ3) is 2.89. The highest BCUT2D eigenvalue weighted by Gasteiger charge is 2.15. The molecule has 0 unspecified atom stereocenters. The van der Waals surface area contributed by atoms with E-state index in [4.69, 9.17) is 10.5 Å². The van der Waals surface area contributed by atoms with Gasteiger partial charge in [-0.25, -0.2) is 4.98 Å². The largest absolute Gasteiger partial charge is 0.381 e. The van der Waals surface area contributed by atoms with Gasteiger partial charge in [-0.2, -0.15) is 5.10 Å². The molecule has 0 fully saturated rings. The van der Waals surface area contributed by atoms with Crippen LogP contribution in [0.1, 0.15) is 26.0 Å². The molecule has 2 rings (SSSR count). The highest BCUT2D eigenvalue weighted by atomic mass is 16.5. The number of nitrogens with two attached hydrogens (primary N) is 1. The maximum Gasteiger partial charge on any atom is 0.202 e. The molecule has 0 spiro atoms. The summed E-state index contributed by atoms with van der Waals surface area (Å²) in [6.07, 6.45) is 0.923. The van der Waals surface area contributed by atoms with Gasteiger partial charge >= 0.3 is 0 Å². The second-order valence-corrected chi connectivity index (χ2v) is 5.33. The van der Waals surface area contributed by atoms with Gasteiger partial charge in [0, 0.05) is 26.8 Å². The number of fused-ring (bicyclic) bond motifs is 1. The van der Waals surface area contributed by atoms with Crippen LogP contribution in [0.15, 0.2) is 0 Å². The molecule has 2 heterocycles. The molecule has 0 aromatic carbocycles. The molecule has 6 nitrogen and oxygen atoms in total. The Morgan fingerprint density at radius 1 is 1.37 bits per heavy atom. The van der Waals surface area contributed by atoms with Crippen LogP contribution in [0.3, 0.4) is 0 Å². The first-order chi connectivity index (χ1) is 9.00. The molecular weight excluding hydrogens is 242 g/mol. The van der Waals surface area contributed by atoms with E-state index in [0.29, 0.717) is 11.9 Å². The Kier molecular flexibility index (Phi) is 4.09. The lowest BCUT2D eigenvalue weighted by atomic mass is 10.2.